The van der Waals surface area contributed by atoms with Gasteiger partial charge in [-0.15, -0.1) is 0 Å². The van der Waals surface area contributed by atoms with Crippen molar-refractivity contribution in [2.24, 2.45) is 5.92 Å². The highest BCUT2D eigenvalue weighted by atomic mass is 16.2. The van der Waals surface area contributed by atoms with Crippen LogP contribution in [-0.4, -0.2) is 35.1 Å². The zero-order chi connectivity index (χ0) is 14.7. The van der Waals surface area contributed by atoms with Gasteiger partial charge in [-0.05, 0) is 18.8 Å². The third-order valence-corrected chi connectivity index (χ3v) is 3.15. The molecule has 5 N–H and O–H groups in total. The van der Waals surface area contributed by atoms with Crippen molar-refractivity contribution in [3.05, 3.63) is 11.4 Å². The van der Waals surface area contributed by atoms with E-state index in [0.29, 0.717) is 24.1 Å². The number of nitrogen functional groups attached to an aromatic ring is 1. The molecule has 0 spiro atoms. The van der Waals surface area contributed by atoms with Crippen molar-refractivity contribution in [1.29, 1.82) is 0 Å². The number of carbonyl (C=O) groups is 2. The molecule has 0 radical (unpaired) electrons. The molecule has 0 bridgehead atoms. The Labute approximate surface area is 117 Å². The minimum absolute atomic E-state index is 0.0728. The SMILES string of the molecule is CC(C)CNC(=O)CNC(=O)c1n[nH]c(C2CC2)c1N. The molecular formula is C13H21N5O2. The van der Waals surface area contributed by atoms with Crippen LogP contribution in [0.15, 0.2) is 0 Å². The Hall–Kier alpha value is -2.05. The molecule has 2 amide bonds. The minimum atomic E-state index is -0.426. The molecule has 1 heterocycles. The lowest BCUT2D eigenvalue weighted by atomic mass is 10.2. The number of H-pyrrole nitrogens is 1. The number of aromatic nitrogens is 2. The summed E-state index contributed by atoms with van der Waals surface area (Å²) in [6.45, 7) is 4.52. The Morgan fingerprint density at radius 2 is 2.10 bits per heavy atom. The van der Waals surface area contributed by atoms with Crippen molar-refractivity contribution in [3.8, 4) is 0 Å². The molecule has 1 aliphatic carbocycles. The lowest BCUT2D eigenvalue weighted by Crippen LogP contribution is -2.38. The summed E-state index contributed by atoms with van der Waals surface area (Å²) in [6.07, 6.45) is 2.15. The molecule has 7 nitrogen and oxygen atoms in total. The van der Waals surface area contributed by atoms with Crippen LogP contribution in [0.25, 0.3) is 0 Å². The molecule has 0 unspecified atom stereocenters. The number of anilines is 1. The molecule has 1 aromatic heterocycles. The number of amides is 2. The van der Waals surface area contributed by atoms with Gasteiger partial charge in [0.05, 0.1) is 17.9 Å². The molecule has 1 fully saturated rings. The minimum Gasteiger partial charge on any atom is -0.395 e. The van der Waals surface area contributed by atoms with Gasteiger partial charge in [0.25, 0.3) is 5.91 Å². The van der Waals surface area contributed by atoms with Crippen LogP contribution in [0.3, 0.4) is 0 Å². The van der Waals surface area contributed by atoms with E-state index >= 15 is 0 Å². The molecule has 20 heavy (non-hydrogen) atoms. The molecule has 110 valence electrons. The molecule has 0 aliphatic heterocycles. The van der Waals surface area contributed by atoms with Crippen molar-refractivity contribution in [1.82, 2.24) is 20.8 Å². The maximum absolute atomic E-state index is 11.9. The summed E-state index contributed by atoms with van der Waals surface area (Å²) >= 11 is 0. The fraction of sp³-hybridized carbons (Fsp3) is 0.615. The van der Waals surface area contributed by atoms with E-state index in [1.54, 1.807) is 0 Å². The van der Waals surface area contributed by atoms with Crippen molar-refractivity contribution in [2.75, 3.05) is 18.8 Å². The van der Waals surface area contributed by atoms with Gasteiger partial charge in [-0.1, -0.05) is 13.8 Å². The molecule has 7 heteroatoms. The topological polar surface area (TPSA) is 113 Å². The third-order valence-electron chi connectivity index (χ3n) is 3.15. The number of rotatable bonds is 6. The predicted molar refractivity (Wildman–Crippen MR) is 75.2 cm³/mol. The van der Waals surface area contributed by atoms with Gasteiger partial charge in [0.2, 0.25) is 5.91 Å². The number of carbonyl (C=O) groups excluding carboxylic acids is 2. The zero-order valence-electron chi connectivity index (χ0n) is 11.8. The normalized spacial score (nSPS) is 14.3. The van der Waals surface area contributed by atoms with Crippen molar-refractivity contribution in [3.63, 3.8) is 0 Å². The van der Waals surface area contributed by atoms with E-state index in [1.165, 1.54) is 0 Å². The summed E-state index contributed by atoms with van der Waals surface area (Å²) in [4.78, 5) is 23.4. The first-order valence-corrected chi connectivity index (χ1v) is 6.87. The summed E-state index contributed by atoms with van der Waals surface area (Å²) in [5.41, 5.74) is 7.29. The standard InChI is InChI=1S/C13H21N5O2/c1-7(2)5-15-9(19)6-16-13(20)12-10(14)11(17-18-12)8-3-4-8/h7-8H,3-6,14H2,1-2H3,(H,15,19)(H,16,20)(H,17,18). The van der Waals surface area contributed by atoms with Gasteiger partial charge in [0, 0.05) is 12.5 Å². The number of nitrogens with zero attached hydrogens (tertiary/aromatic N) is 1. The maximum Gasteiger partial charge on any atom is 0.274 e. The second-order valence-corrected chi connectivity index (χ2v) is 5.55. The highest BCUT2D eigenvalue weighted by molar-refractivity contribution is 5.99. The van der Waals surface area contributed by atoms with Crippen LogP contribution in [0.2, 0.25) is 0 Å². The van der Waals surface area contributed by atoms with Gasteiger partial charge >= 0.3 is 0 Å². The Morgan fingerprint density at radius 3 is 2.70 bits per heavy atom. The Kier molecular flexibility index (Phi) is 4.26. The van der Waals surface area contributed by atoms with Gasteiger partial charge in [-0.3, -0.25) is 14.7 Å². The Balaban J connectivity index is 1.84. The van der Waals surface area contributed by atoms with Crippen molar-refractivity contribution < 1.29 is 9.59 Å². The molecular weight excluding hydrogens is 258 g/mol. The molecule has 0 saturated heterocycles. The van der Waals surface area contributed by atoms with Gasteiger partial charge in [-0.2, -0.15) is 5.10 Å². The first kappa shape index (κ1) is 14.4. The van der Waals surface area contributed by atoms with Crippen LogP contribution in [0, 0.1) is 5.92 Å². The van der Waals surface area contributed by atoms with E-state index in [1.807, 2.05) is 13.8 Å². The first-order chi connectivity index (χ1) is 9.49. The van der Waals surface area contributed by atoms with E-state index in [0.717, 1.165) is 18.5 Å². The van der Waals surface area contributed by atoms with Crippen molar-refractivity contribution in [2.45, 2.75) is 32.6 Å². The average molecular weight is 279 g/mol. The van der Waals surface area contributed by atoms with Crippen LogP contribution in [-0.2, 0) is 4.79 Å². The van der Waals surface area contributed by atoms with E-state index < -0.39 is 5.91 Å². The van der Waals surface area contributed by atoms with Gasteiger partial charge in [-0.25, -0.2) is 0 Å². The summed E-state index contributed by atoms with van der Waals surface area (Å²) in [7, 11) is 0. The predicted octanol–water partition coefficient (Wildman–Crippen LogP) is 0.371. The van der Waals surface area contributed by atoms with Gasteiger partial charge in [0.15, 0.2) is 5.69 Å². The molecule has 1 saturated carbocycles. The van der Waals surface area contributed by atoms with Crippen LogP contribution >= 0.6 is 0 Å². The third kappa shape index (κ3) is 3.49. The summed E-state index contributed by atoms with van der Waals surface area (Å²) in [5, 5.41) is 12.0. The zero-order valence-corrected chi connectivity index (χ0v) is 11.8. The highest BCUT2D eigenvalue weighted by Crippen LogP contribution is 2.42. The van der Waals surface area contributed by atoms with Crippen LogP contribution in [0.4, 0.5) is 5.69 Å². The lowest BCUT2D eigenvalue weighted by Gasteiger charge is -2.08. The van der Waals surface area contributed by atoms with Crippen molar-refractivity contribution >= 4 is 17.5 Å². The summed E-state index contributed by atoms with van der Waals surface area (Å²) in [5.74, 6) is 0.130. The van der Waals surface area contributed by atoms with E-state index in [4.69, 9.17) is 5.73 Å². The first-order valence-electron chi connectivity index (χ1n) is 6.87. The molecule has 0 atom stereocenters. The van der Waals surface area contributed by atoms with Crippen LogP contribution in [0.1, 0.15) is 48.8 Å². The number of nitrogens with one attached hydrogen (secondary N) is 3. The summed E-state index contributed by atoms with van der Waals surface area (Å²) < 4.78 is 0. The highest BCUT2D eigenvalue weighted by Gasteiger charge is 2.30. The van der Waals surface area contributed by atoms with E-state index in [-0.39, 0.29) is 18.1 Å². The molecule has 2 rings (SSSR count). The molecule has 1 aliphatic rings. The largest absolute Gasteiger partial charge is 0.395 e. The lowest BCUT2D eigenvalue weighted by molar-refractivity contribution is -0.120. The van der Waals surface area contributed by atoms with Gasteiger partial charge in [0.1, 0.15) is 0 Å². The van der Waals surface area contributed by atoms with Gasteiger partial charge < -0.3 is 16.4 Å². The smallest absolute Gasteiger partial charge is 0.274 e. The second kappa shape index (κ2) is 5.94. The molecule has 1 aromatic rings. The number of nitrogens with two attached hydrogens (primary N) is 1. The second-order valence-electron chi connectivity index (χ2n) is 5.55. The Morgan fingerprint density at radius 1 is 1.40 bits per heavy atom. The van der Waals surface area contributed by atoms with Crippen LogP contribution in [0.5, 0.6) is 0 Å². The van der Waals surface area contributed by atoms with E-state index in [9.17, 15) is 9.59 Å². The average Bonchev–Trinajstić information content (AvgIpc) is 3.17. The quantitative estimate of drug-likeness (QED) is 0.602. The fourth-order valence-electron chi connectivity index (χ4n) is 1.85. The number of hydrogen-bond donors (Lipinski definition) is 4. The van der Waals surface area contributed by atoms with Crippen LogP contribution < -0.4 is 16.4 Å². The number of aromatic amines is 1. The monoisotopic (exact) mass is 279 g/mol. The fourth-order valence-corrected chi connectivity index (χ4v) is 1.85. The molecule has 0 aromatic carbocycles. The maximum atomic E-state index is 11.9. The Bertz CT molecular complexity index is 505. The number of hydrogen-bond acceptors (Lipinski definition) is 4. The summed E-state index contributed by atoms with van der Waals surface area (Å²) in [6, 6.07) is 0. The van der Waals surface area contributed by atoms with E-state index in [2.05, 4.69) is 20.8 Å².